The summed E-state index contributed by atoms with van der Waals surface area (Å²) < 4.78 is 11.5. The maximum Gasteiger partial charge on any atom is 0.334 e. The zero-order valence-electron chi connectivity index (χ0n) is 12.5. The van der Waals surface area contributed by atoms with Crippen molar-refractivity contribution in [2.24, 2.45) is 0 Å². The molecule has 0 spiro atoms. The van der Waals surface area contributed by atoms with Crippen LogP contribution in [0.15, 0.2) is 0 Å². The second kappa shape index (κ2) is 9.53. The molecule has 0 fully saturated rings. The zero-order chi connectivity index (χ0) is 14.0. The van der Waals surface area contributed by atoms with Gasteiger partial charge in [-0.3, -0.25) is 4.79 Å². The van der Waals surface area contributed by atoms with Crippen LogP contribution in [0.3, 0.4) is 0 Å². The molecule has 0 aliphatic carbocycles. The third-order valence-corrected chi connectivity index (χ3v) is 6.01. The average Bonchev–Trinajstić information content (AvgIpc) is 2.29. The molecule has 0 heterocycles. The Hall–Kier alpha value is -0.393. The van der Waals surface area contributed by atoms with Crippen molar-refractivity contribution in [1.29, 1.82) is 0 Å². The van der Waals surface area contributed by atoms with E-state index in [1.165, 1.54) is 0 Å². The third-order valence-electron chi connectivity index (χ3n) is 2.95. The minimum Gasteiger partial charge on any atom is -0.395 e. The number of rotatable bonds is 10. The first kappa shape index (κ1) is 17.6. The largest absolute Gasteiger partial charge is 0.395 e. The smallest absolute Gasteiger partial charge is 0.334 e. The predicted molar refractivity (Wildman–Crippen MR) is 76.8 cm³/mol. The topological polar surface area (TPSA) is 47.6 Å². The number of amides is 1. The van der Waals surface area contributed by atoms with Crippen LogP contribution in [0.5, 0.6) is 0 Å². The summed E-state index contributed by atoms with van der Waals surface area (Å²) in [5.41, 5.74) is 0. The molecule has 1 amide bonds. The van der Waals surface area contributed by atoms with E-state index >= 15 is 0 Å². The van der Waals surface area contributed by atoms with Crippen LogP contribution in [0.25, 0.3) is 0 Å². The molecule has 0 bridgehead atoms. The van der Waals surface area contributed by atoms with Crippen molar-refractivity contribution in [2.45, 2.75) is 65.6 Å². The van der Waals surface area contributed by atoms with Crippen molar-refractivity contribution in [3.8, 4) is 0 Å². The molecule has 1 N–H and O–H groups in total. The first-order valence-electron chi connectivity index (χ1n) is 7.04. The summed E-state index contributed by atoms with van der Waals surface area (Å²) in [6.45, 7) is 11.5. The van der Waals surface area contributed by atoms with Crippen molar-refractivity contribution >= 4 is 14.5 Å². The van der Waals surface area contributed by atoms with Gasteiger partial charge in [-0.1, -0.05) is 6.92 Å². The summed E-state index contributed by atoms with van der Waals surface area (Å²) in [7, 11) is -2.04. The molecule has 18 heavy (non-hydrogen) atoms. The molecule has 108 valence electrons. The molecule has 4 nitrogen and oxygen atoms in total. The van der Waals surface area contributed by atoms with Crippen LogP contribution in [-0.4, -0.2) is 33.7 Å². The van der Waals surface area contributed by atoms with Gasteiger partial charge in [0.25, 0.3) is 0 Å². The van der Waals surface area contributed by atoms with Crippen LogP contribution in [0.4, 0.5) is 0 Å². The first-order chi connectivity index (χ1) is 8.47. The number of hydrogen-bond acceptors (Lipinski definition) is 3. The molecule has 5 heteroatoms. The Labute approximate surface area is 113 Å². The summed E-state index contributed by atoms with van der Waals surface area (Å²) in [6, 6.07) is 1.14. The van der Waals surface area contributed by atoms with Crippen molar-refractivity contribution in [1.82, 2.24) is 5.32 Å². The monoisotopic (exact) mass is 275 g/mol. The van der Waals surface area contributed by atoms with E-state index < -0.39 is 8.56 Å². The van der Waals surface area contributed by atoms with Gasteiger partial charge in [-0.15, -0.1) is 0 Å². The lowest BCUT2D eigenvalue weighted by atomic mass is 10.2. The fourth-order valence-electron chi connectivity index (χ4n) is 1.82. The van der Waals surface area contributed by atoms with Crippen LogP contribution in [-0.2, 0) is 13.6 Å². The summed E-state index contributed by atoms with van der Waals surface area (Å²) in [4.78, 5) is 11.6. The van der Waals surface area contributed by atoms with E-state index in [0.717, 1.165) is 18.9 Å². The molecule has 0 aliphatic heterocycles. The molecular formula is C13H29NO3Si. The number of hydrogen-bond donors (Lipinski definition) is 1. The van der Waals surface area contributed by atoms with E-state index in [9.17, 15) is 4.79 Å². The maximum atomic E-state index is 11.6. The first-order valence-corrected chi connectivity index (χ1v) is 9.57. The lowest BCUT2D eigenvalue weighted by Crippen LogP contribution is -2.39. The van der Waals surface area contributed by atoms with Gasteiger partial charge in [0.1, 0.15) is 0 Å². The highest BCUT2D eigenvalue weighted by atomic mass is 28.4. The van der Waals surface area contributed by atoms with E-state index in [4.69, 9.17) is 8.85 Å². The predicted octanol–water partition coefficient (Wildman–Crippen LogP) is 2.83. The molecular weight excluding hydrogens is 246 g/mol. The number of nitrogens with one attached hydrogen (secondary N) is 1. The summed E-state index contributed by atoms with van der Waals surface area (Å²) in [6.07, 6.45) is 2.37. The Morgan fingerprint density at radius 2 is 1.78 bits per heavy atom. The summed E-state index contributed by atoms with van der Waals surface area (Å²) in [5, 5.41) is 2.97. The molecule has 0 aromatic carbocycles. The Morgan fingerprint density at radius 1 is 1.22 bits per heavy atom. The van der Waals surface area contributed by atoms with E-state index in [1.807, 2.05) is 20.8 Å². The fraction of sp³-hybridized carbons (Fsp3) is 0.923. The maximum absolute atomic E-state index is 11.6. The Morgan fingerprint density at radius 3 is 2.22 bits per heavy atom. The average molecular weight is 275 g/mol. The molecule has 0 aromatic heterocycles. The zero-order valence-corrected chi connectivity index (χ0v) is 13.5. The van der Waals surface area contributed by atoms with Crippen LogP contribution in [0.2, 0.25) is 12.6 Å². The van der Waals surface area contributed by atoms with Crippen LogP contribution in [0.1, 0.15) is 47.0 Å². The second-order valence-corrected chi connectivity index (χ2v) is 8.08. The van der Waals surface area contributed by atoms with Crippen molar-refractivity contribution < 1.29 is 13.6 Å². The van der Waals surface area contributed by atoms with Crippen LogP contribution in [0, 0.1) is 0 Å². The van der Waals surface area contributed by atoms with E-state index in [2.05, 4.69) is 18.8 Å². The van der Waals surface area contributed by atoms with Crippen LogP contribution >= 0.6 is 0 Å². The minimum absolute atomic E-state index is 0.133. The lowest BCUT2D eigenvalue weighted by Gasteiger charge is -2.25. The van der Waals surface area contributed by atoms with Gasteiger partial charge < -0.3 is 14.2 Å². The lowest BCUT2D eigenvalue weighted by molar-refractivity contribution is -0.121. The highest BCUT2D eigenvalue weighted by molar-refractivity contribution is 6.66. The van der Waals surface area contributed by atoms with Gasteiger partial charge in [-0.25, -0.2) is 0 Å². The molecule has 0 saturated heterocycles. The second-order valence-electron chi connectivity index (χ2n) is 4.73. The molecule has 0 saturated carbocycles. The standard InChI is InChI=1S/C13H29NO3Si/c1-6-12(4)14-13(15)10-9-11-18(5,16-7-2)17-8-3/h12H,6-11H2,1-5H3,(H,14,15). The Kier molecular flexibility index (Phi) is 9.32. The highest BCUT2D eigenvalue weighted by Crippen LogP contribution is 2.17. The molecule has 0 radical (unpaired) electrons. The molecule has 1 unspecified atom stereocenters. The van der Waals surface area contributed by atoms with Crippen molar-refractivity contribution in [3.05, 3.63) is 0 Å². The van der Waals surface area contributed by atoms with E-state index in [-0.39, 0.29) is 11.9 Å². The van der Waals surface area contributed by atoms with Gasteiger partial charge in [0.2, 0.25) is 5.91 Å². The fourth-order valence-corrected chi connectivity index (χ4v) is 4.23. The van der Waals surface area contributed by atoms with Crippen molar-refractivity contribution in [2.75, 3.05) is 13.2 Å². The van der Waals surface area contributed by atoms with Gasteiger partial charge in [0, 0.05) is 25.7 Å². The van der Waals surface area contributed by atoms with Gasteiger partial charge in [-0.05, 0) is 46.2 Å². The molecule has 0 aliphatic rings. The van der Waals surface area contributed by atoms with Crippen LogP contribution < -0.4 is 5.32 Å². The summed E-state index contributed by atoms with van der Waals surface area (Å²) >= 11 is 0. The Bertz CT molecular complexity index is 230. The summed E-state index contributed by atoms with van der Waals surface area (Å²) in [5.74, 6) is 0.133. The SMILES string of the molecule is CCO[Si](C)(CCCC(=O)NC(C)CC)OCC. The highest BCUT2D eigenvalue weighted by Gasteiger charge is 2.30. The molecule has 0 rings (SSSR count). The minimum atomic E-state index is -2.04. The van der Waals surface area contributed by atoms with E-state index in [0.29, 0.717) is 19.6 Å². The molecule has 0 aromatic rings. The number of carbonyl (C=O) groups excluding carboxylic acids is 1. The number of carbonyl (C=O) groups is 1. The normalized spacial score (nSPS) is 13.4. The van der Waals surface area contributed by atoms with Gasteiger partial charge in [0.05, 0.1) is 0 Å². The van der Waals surface area contributed by atoms with Gasteiger partial charge >= 0.3 is 8.56 Å². The third kappa shape index (κ3) is 7.84. The van der Waals surface area contributed by atoms with E-state index in [1.54, 1.807) is 0 Å². The van der Waals surface area contributed by atoms with Gasteiger partial charge in [0.15, 0.2) is 0 Å². The van der Waals surface area contributed by atoms with Crippen molar-refractivity contribution in [3.63, 3.8) is 0 Å². The molecule has 1 atom stereocenters. The Balaban J connectivity index is 3.95. The van der Waals surface area contributed by atoms with Gasteiger partial charge in [-0.2, -0.15) is 0 Å². The quantitative estimate of drug-likeness (QED) is 0.624.